The molecule has 1 aliphatic rings. The fourth-order valence-corrected chi connectivity index (χ4v) is 1.80. The van der Waals surface area contributed by atoms with Gasteiger partial charge in [-0.15, -0.1) is 0 Å². The van der Waals surface area contributed by atoms with Crippen molar-refractivity contribution in [2.75, 3.05) is 6.61 Å². The molecule has 1 aromatic rings. The van der Waals surface area contributed by atoms with Crippen LogP contribution < -0.4 is 0 Å². The summed E-state index contributed by atoms with van der Waals surface area (Å²) in [5, 5.41) is 0.441. The molecule has 4 heteroatoms. The van der Waals surface area contributed by atoms with E-state index in [4.69, 9.17) is 16.3 Å². The standard InChI is InChI=1S/C13H11ClO3/c1-2-5-17-12-7-11(15)10-6-8(14)3-4-9(10)13(12)16/h3-4,6-7H,2,5H2,1H3. The van der Waals surface area contributed by atoms with Crippen molar-refractivity contribution in [1.29, 1.82) is 0 Å². The molecule has 0 saturated carbocycles. The quantitative estimate of drug-likeness (QED) is 0.828. The summed E-state index contributed by atoms with van der Waals surface area (Å²) in [6.07, 6.45) is 2.02. The molecule has 0 amide bonds. The zero-order valence-corrected chi connectivity index (χ0v) is 10.1. The van der Waals surface area contributed by atoms with Crippen LogP contribution in [0, 0.1) is 0 Å². The van der Waals surface area contributed by atoms with Gasteiger partial charge in [0.2, 0.25) is 5.78 Å². The van der Waals surface area contributed by atoms with Gasteiger partial charge in [0.05, 0.1) is 6.61 Å². The van der Waals surface area contributed by atoms with E-state index in [0.29, 0.717) is 22.8 Å². The maximum atomic E-state index is 12.0. The zero-order chi connectivity index (χ0) is 12.4. The minimum absolute atomic E-state index is 0.117. The molecule has 0 spiro atoms. The number of Topliss-reactive ketones (excluding diaryl/α,β-unsaturated/α-hetero) is 1. The van der Waals surface area contributed by atoms with E-state index in [1.807, 2.05) is 6.92 Å². The van der Waals surface area contributed by atoms with Gasteiger partial charge in [0, 0.05) is 22.2 Å². The highest BCUT2D eigenvalue weighted by molar-refractivity contribution is 6.32. The Kier molecular flexibility index (Phi) is 3.29. The Morgan fingerprint density at radius 3 is 2.71 bits per heavy atom. The van der Waals surface area contributed by atoms with Gasteiger partial charge in [-0.25, -0.2) is 0 Å². The van der Waals surface area contributed by atoms with Crippen LogP contribution in [-0.2, 0) is 4.74 Å². The number of carbonyl (C=O) groups excluding carboxylic acids is 2. The third-order valence-electron chi connectivity index (χ3n) is 2.44. The van der Waals surface area contributed by atoms with Gasteiger partial charge in [-0.2, -0.15) is 0 Å². The van der Waals surface area contributed by atoms with Gasteiger partial charge in [-0.05, 0) is 24.6 Å². The van der Waals surface area contributed by atoms with Crippen molar-refractivity contribution < 1.29 is 14.3 Å². The lowest BCUT2D eigenvalue weighted by Gasteiger charge is -2.15. The normalized spacial score (nSPS) is 14.4. The van der Waals surface area contributed by atoms with E-state index in [9.17, 15) is 9.59 Å². The fraction of sp³-hybridized carbons (Fsp3) is 0.231. The van der Waals surface area contributed by atoms with Crippen LogP contribution >= 0.6 is 11.6 Å². The van der Waals surface area contributed by atoms with Crippen molar-refractivity contribution in [3.63, 3.8) is 0 Å². The van der Waals surface area contributed by atoms with E-state index < -0.39 is 0 Å². The van der Waals surface area contributed by atoms with Crippen molar-refractivity contribution in [3.8, 4) is 0 Å². The number of rotatable bonds is 3. The first-order valence-corrected chi connectivity index (χ1v) is 5.74. The molecule has 0 saturated heterocycles. The summed E-state index contributed by atoms with van der Waals surface area (Å²) in [5.74, 6) is -0.385. The number of ether oxygens (including phenoxy) is 1. The first-order chi connectivity index (χ1) is 8.13. The van der Waals surface area contributed by atoms with Gasteiger partial charge in [0.15, 0.2) is 11.5 Å². The average molecular weight is 251 g/mol. The summed E-state index contributed by atoms with van der Waals surface area (Å²) < 4.78 is 5.26. The second-order valence-corrected chi connectivity index (χ2v) is 4.18. The molecule has 17 heavy (non-hydrogen) atoms. The molecule has 3 nitrogen and oxygen atoms in total. The van der Waals surface area contributed by atoms with Crippen LogP contribution in [0.15, 0.2) is 30.0 Å². The molecule has 1 aromatic carbocycles. The van der Waals surface area contributed by atoms with E-state index >= 15 is 0 Å². The van der Waals surface area contributed by atoms with E-state index in [0.717, 1.165) is 6.42 Å². The summed E-state index contributed by atoms with van der Waals surface area (Å²) in [4.78, 5) is 23.8. The first-order valence-electron chi connectivity index (χ1n) is 5.36. The largest absolute Gasteiger partial charge is 0.489 e. The molecule has 0 fully saturated rings. The molecule has 0 atom stereocenters. The number of halogens is 1. The maximum absolute atomic E-state index is 12.0. The molecule has 0 N–H and O–H groups in total. The second kappa shape index (κ2) is 4.72. The minimum Gasteiger partial charge on any atom is -0.489 e. The van der Waals surface area contributed by atoms with Crippen molar-refractivity contribution in [1.82, 2.24) is 0 Å². The molecule has 0 bridgehead atoms. The van der Waals surface area contributed by atoms with Crippen LogP contribution in [0.25, 0.3) is 0 Å². The smallest absolute Gasteiger partial charge is 0.228 e. The van der Waals surface area contributed by atoms with Crippen LogP contribution in [0.2, 0.25) is 5.02 Å². The molecule has 0 aromatic heterocycles. The number of fused-ring (bicyclic) bond motifs is 1. The molecule has 0 unspecified atom stereocenters. The Morgan fingerprint density at radius 2 is 2.00 bits per heavy atom. The molecule has 0 heterocycles. The summed E-state index contributed by atoms with van der Waals surface area (Å²) in [6.45, 7) is 2.36. The van der Waals surface area contributed by atoms with Crippen molar-refractivity contribution in [2.24, 2.45) is 0 Å². The number of allylic oxidation sites excluding steroid dienone is 2. The van der Waals surface area contributed by atoms with Crippen LogP contribution in [0.3, 0.4) is 0 Å². The highest BCUT2D eigenvalue weighted by Crippen LogP contribution is 2.24. The Hall–Kier alpha value is -1.61. The SMILES string of the molecule is CCCOC1=CC(=O)c2cc(Cl)ccc2C1=O. The monoisotopic (exact) mass is 250 g/mol. The van der Waals surface area contributed by atoms with Gasteiger partial charge in [0.1, 0.15) is 0 Å². The minimum atomic E-state index is -0.260. The van der Waals surface area contributed by atoms with Gasteiger partial charge in [0.25, 0.3) is 0 Å². The Morgan fingerprint density at radius 1 is 1.24 bits per heavy atom. The summed E-state index contributed by atoms with van der Waals surface area (Å²) >= 11 is 5.79. The van der Waals surface area contributed by atoms with Crippen LogP contribution in [-0.4, -0.2) is 18.2 Å². The lowest BCUT2D eigenvalue weighted by molar-refractivity contribution is 0.0883. The predicted molar refractivity (Wildman–Crippen MR) is 64.4 cm³/mol. The van der Waals surface area contributed by atoms with Crippen molar-refractivity contribution in [3.05, 3.63) is 46.2 Å². The average Bonchev–Trinajstić information content (AvgIpc) is 2.32. The number of benzene rings is 1. The molecule has 2 rings (SSSR count). The molecule has 88 valence electrons. The number of ketones is 2. The van der Waals surface area contributed by atoms with E-state index in [2.05, 4.69) is 0 Å². The van der Waals surface area contributed by atoms with Gasteiger partial charge in [-0.1, -0.05) is 18.5 Å². The Bertz CT molecular complexity index is 517. The van der Waals surface area contributed by atoms with Crippen LogP contribution in [0.1, 0.15) is 34.1 Å². The predicted octanol–water partition coefficient (Wildman–Crippen LogP) is 3.03. The van der Waals surface area contributed by atoms with Crippen molar-refractivity contribution >= 4 is 23.2 Å². The lowest BCUT2D eigenvalue weighted by Crippen LogP contribution is -2.18. The number of hydrogen-bond donors (Lipinski definition) is 0. The topological polar surface area (TPSA) is 43.4 Å². The first kappa shape index (κ1) is 11.9. The van der Waals surface area contributed by atoms with E-state index in [1.54, 1.807) is 12.1 Å². The van der Waals surface area contributed by atoms with Gasteiger partial charge >= 0.3 is 0 Å². The molecular weight excluding hydrogens is 240 g/mol. The third-order valence-corrected chi connectivity index (χ3v) is 2.67. The lowest BCUT2D eigenvalue weighted by atomic mass is 9.94. The summed E-state index contributed by atoms with van der Waals surface area (Å²) in [5.41, 5.74) is 0.694. The highest BCUT2D eigenvalue weighted by atomic mass is 35.5. The van der Waals surface area contributed by atoms with E-state index in [-0.39, 0.29) is 17.3 Å². The Labute approximate surface area is 104 Å². The van der Waals surface area contributed by atoms with Gasteiger partial charge in [-0.3, -0.25) is 9.59 Å². The highest BCUT2D eigenvalue weighted by Gasteiger charge is 2.26. The van der Waals surface area contributed by atoms with Crippen molar-refractivity contribution in [2.45, 2.75) is 13.3 Å². The summed E-state index contributed by atoms with van der Waals surface area (Å²) in [7, 11) is 0. The zero-order valence-electron chi connectivity index (χ0n) is 9.33. The maximum Gasteiger partial charge on any atom is 0.228 e. The number of hydrogen-bond acceptors (Lipinski definition) is 3. The third kappa shape index (κ3) is 2.24. The Balaban J connectivity index is 2.39. The van der Waals surface area contributed by atoms with Gasteiger partial charge < -0.3 is 4.74 Å². The van der Waals surface area contributed by atoms with Crippen LogP contribution in [0.5, 0.6) is 0 Å². The fourth-order valence-electron chi connectivity index (χ4n) is 1.63. The van der Waals surface area contributed by atoms with E-state index in [1.165, 1.54) is 12.1 Å². The summed E-state index contributed by atoms with van der Waals surface area (Å²) in [6, 6.07) is 4.65. The number of carbonyl (C=O) groups is 2. The molecule has 0 aliphatic heterocycles. The van der Waals surface area contributed by atoms with Crippen LogP contribution in [0.4, 0.5) is 0 Å². The molecule has 0 radical (unpaired) electrons. The molecule has 1 aliphatic carbocycles. The molecular formula is C13H11ClO3. The second-order valence-electron chi connectivity index (χ2n) is 3.74.